The van der Waals surface area contributed by atoms with Crippen LogP contribution in [-0.4, -0.2) is 40.2 Å². The van der Waals surface area contributed by atoms with Gasteiger partial charge in [0.2, 0.25) is 5.82 Å². The van der Waals surface area contributed by atoms with Crippen LogP contribution in [0.25, 0.3) is 0 Å². The lowest BCUT2D eigenvalue weighted by Gasteiger charge is -2.18. The van der Waals surface area contributed by atoms with Crippen molar-refractivity contribution in [2.24, 2.45) is 5.92 Å². The van der Waals surface area contributed by atoms with Crippen LogP contribution in [0.5, 0.6) is 0 Å². The number of hydrogen-bond donors (Lipinski definition) is 2. The number of ether oxygens (including phenoxy) is 1. The molecule has 0 unspecified atom stereocenters. The number of amides is 1. The molecule has 7 heteroatoms. The van der Waals surface area contributed by atoms with Crippen LogP contribution in [0.15, 0.2) is 0 Å². The molecule has 0 spiro atoms. The molecule has 0 bridgehead atoms. The number of esters is 1. The van der Waals surface area contributed by atoms with Crippen LogP contribution >= 0.6 is 0 Å². The van der Waals surface area contributed by atoms with Crippen molar-refractivity contribution in [3.05, 3.63) is 11.6 Å². The zero-order chi connectivity index (χ0) is 14.4. The zero-order valence-corrected chi connectivity index (χ0v) is 11.7. The van der Waals surface area contributed by atoms with Gasteiger partial charge in [0.1, 0.15) is 11.9 Å². The Balaban J connectivity index is 2.73. The van der Waals surface area contributed by atoms with E-state index in [-0.39, 0.29) is 11.7 Å². The highest BCUT2D eigenvalue weighted by Gasteiger charge is 2.26. The Morgan fingerprint density at radius 2 is 2.11 bits per heavy atom. The van der Waals surface area contributed by atoms with Crippen LogP contribution < -0.4 is 5.32 Å². The van der Waals surface area contributed by atoms with Crippen molar-refractivity contribution in [1.82, 2.24) is 20.5 Å². The summed E-state index contributed by atoms with van der Waals surface area (Å²) in [5, 5.41) is 9.11. The fourth-order valence-electron chi connectivity index (χ4n) is 1.58. The van der Waals surface area contributed by atoms with E-state index in [1.165, 1.54) is 7.11 Å². The zero-order valence-electron chi connectivity index (χ0n) is 11.7. The molecule has 2 N–H and O–H groups in total. The molecule has 1 heterocycles. The molecule has 19 heavy (non-hydrogen) atoms. The van der Waals surface area contributed by atoms with Crippen LogP contribution in [-0.2, 0) is 16.0 Å². The first-order valence-corrected chi connectivity index (χ1v) is 6.29. The highest BCUT2D eigenvalue weighted by molar-refractivity contribution is 5.93. The highest BCUT2D eigenvalue weighted by atomic mass is 16.5. The molecular weight excluding hydrogens is 248 g/mol. The molecule has 0 fully saturated rings. The van der Waals surface area contributed by atoms with Crippen LogP contribution in [0.3, 0.4) is 0 Å². The van der Waals surface area contributed by atoms with E-state index in [0.717, 1.165) is 12.8 Å². The highest BCUT2D eigenvalue weighted by Crippen LogP contribution is 2.05. The largest absolute Gasteiger partial charge is 0.467 e. The quantitative estimate of drug-likeness (QED) is 0.740. The van der Waals surface area contributed by atoms with E-state index in [4.69, 9.17) is 0 Å². The summed E-state index contributed by atoms with van der Waals surface area (Å²) in [5.41, 5.74) is 0. The van der Waals surface area contributed by atoms with Crippen LogP contribution in [0.4, 0.5) is 0 Å². The van der Waals surface area contributed by atoms with Crippen molar-refractivity contribution in [2.45, 2.75) is 39.7 Å². The molecule has 1 aromatic rings. The SMILES string of the molecule is CCCc1nc(C(=O)N[C@H](C(=O)OC)C(C)C)n[nH]1. The number of carbonyl (C=O) groups excluding carboxylic acids is 2. The third kappa shape index (κ3) is 4.04. The summed E-state index contributed by atoms with van der Waals surface area (Å²) < 4.78 is 4.65. The van der Waals surface area contributed by atoms with Crippen molar-refractivity contribution in [3.63, 3.8) is 0 Å². The summed E-state index contributed by atoms with van der Waals surface area (Å²) in [7, 11) is 1.29. The number of nitrogens with zero attached hydrogens (tertiary/aromatic N) is 2. The average molecular weight is 268 g/mol. The summed E-state index contributed by atoms with van der Waals surface area (Å²) in [6.45, 7) is 5.65. The second kappa shape index (κ2) is 6.86. The van der Waals surface area contributed by atoms with Gasteiger partial charge in [-0.1, -0.05) is 20.8 Å². The maximum absolute atomic E-state index is 11.9. The van der Waals surface area contributed by atoms with E-state index >= 15 is 0 Å². The molecule has 106 valence electrons. The molecule has 1 rings (SSSR count). The average Bonchev–Trinajstić information content (AvgIpc) is 2.83. The number of aromatic nitrogens is 3. The van der Waals surface area contributed by atoms with Gasteiger partial charge in [0.25, 0.3) is 5.91 Å². The summed E-state index contributed by atoms with van der Waals surface area (Å²) in [6, 6.07) is -0.703. The number of aryl methyl sites for hydroxylation is 1. The molecule has 0 aliphatic heterocycles. The van der Waals surface area contributed by atoms with Gasteiger partial charge >= 0.3 is 5.97 Å². The maximum atomic E-state index is 11.9. The Morgan fingerprint density at radius 3 is 2.63 bits per heavy atom. The Bertz CT molecular complexity index is 442. The van der Waals surface area contributed by atoms with E-state index in [1.54, 1.807) is 0 Å². The fraction of sp³-hybridized carbons (Fsp3) is 0.667. The number of carbonyl (C=O) groups is 2. The second-order valence-corrected chi connectivity index (χ2v) is 4.57. The first kappa shape index (κ1) is 15.1. The van der Waals surface area contributed by atoms with Crippen LogP contribution in [0.1, 0.15) is 43.6 Å². The molecule has 1 atom stereocenters. The first-order valence-electron chi connectivity index (χ1n) is 6.29. The van der Waals surface area contributed by atoms with Crippen molar-refractivity contribution in [1.29, 1.82) is 0 Å². The third-order valence-corrected chi connectivity index (χ3v) is 2.63. The van der Waals surface area contributed by atoms with Gasteiger partial charge in [-0.05, 0) is 12.3 Å². The molecule has 1 aromatic heterocycles. The minimum absolute atomic E-state index is 0.0398. The number of methoxy groups -OCH3 is 1. The van der Waals surface area contributed by atoms with Gasteiger partial charge < -0.3 is 10.1 Å². The van der Waals surface area contributed by atoms with E-state index < -0.39 is 17.9 Å². The predicted molar refractivity (Wildman–Crippen MR) is 68.5 cm³/mol. The fourth-order valence-corrected chi connectivity index (χ4v) is 1.58. The van der Waals surface area contributed by atoms with Gasteiger partial charge in [-0.3, -0.25) is 9.89 Å². The van der Waals surface area contributed by atoms with Gasteiger partial charge in [-0.25, -0.2) is 9.78 Å². The monoisotopic (exact) mass is 268 g/mol. The molecule has 0 aromatic carbocycles. The molecule has 0 aliphatic carbocycles. The lowest BCUT2D eigenvalue weighted by atomic mass is 10.0. The maximum Gasteiger partial charge on any atom is 0.328 e. The number of rotatable bonds is 6. The summed E-state index contributed by atoms with van der Waals surface area (Å²) >= 11 is 0. The predicted octanol–water partition coefficient (Wildman–Crippen LogP) is 0.685. The molecular formula is C12H20N4O3. The lowest BCUT2D eigenvalue weighted by molar-refractivity contribution is -0.144. The summed E-state index contributed by atoms with van der Waals surface area (Å²) in [5.74, 6) is -0.342. The minimum Gasteiger partial charge on any atom is -0.467 e. The van der Waals surface area contributed by atoms with Crippen molar-refractivity contribution in [3.8, 4) is 0 Å². The molecule has 0 saturated carbocycles. The van der Waals surface area contributed by atoms with Gasteiger partial charge in [0, 0.05) is 6.42 Å². The Morgan fingerprint density at radius 1 is 1.42 bits per heavy atom. The molecule has 0 saturated heterocycles. The standard InChI is InChI=1S/C12H20N4O3/c1-5-6-8-13-10(16-15-8)11(17)14-9(7(2)3)12(18)19-4/h7,9H,5-6H2,1-4H3,(H,14,17)(H,13,15,16)/t9-/m0/s1. The molecule has 1 amide bonds. The number of aromatic amines is 1. The van der Waals surface area contributed by atoms with Gasteiger partial charge in [-0.15, -0.1) is 5.10 Å². The Kier molecular flexibility index (Phi) is 5.47. The Hall–Kier alpha value is -1.92. The van der Waals surface area contributed by atoms with E-state index in [2.05, 4.69) is 25.2 Å². The Labute approximate surface area is 112 Å². The number of hydrogen-bond acceptors (Lipinski definition) is 5. The van der Waals surface area contributed by atoms with Crippen molar-refractivity contribution >= 4 is 11.9 Å². The topological polar surface area (TPSA) is 97.0 Å². The van der Waals surface area contributed by atoms with Crippen LogP contribution in [0, 0.1) is 5.92 Å². The summed E-state index contributed by atoms with van der Waals surface area (Å²) in [4.78, 5) is 27.5. The molecule has 7 nitrogen and oxygen atoms in total. The normalized spacial score (nSPS) is 12.3. The lowest BCUT2D eigenvalue weighted by Crippen LogP contribution is -2.45. The smallest absolute Gasteiger partial charge is 0.328 e. The number of nitrogens with one attached hydrogen (secondary N) is 2. The second-order valence-electron chi connectivity index (χ2n) is 4.57. The molecule has 0 aliphatic rings. The van der Waals surface area contributed by atoms with Gasteiger partial charge in [-0.2, -0.15) is 0 Å². The third-order valence-electron chi connectivity index (χ3n) is 2.63. The molecule has 0 radical (unpaired) electrons. The van der Waals surface area contributed by atoms with Gasteiger partial charge in [0.15, 0.2) is 0 Å². The van der Waals surface area contributed by atoms with E-state index in [9.17, 15) is 9.59 Å². The van der Waals surface area contributed by atoms with Crippen LogP contribution in [0.2, 0.25) is 0 Å². The van der Waals surface area contributed by atoms with Gasteiger partial charge in [0.05, 0.1) is 7.11 Å². The van der Waals surface area contributed by atoms with E-state index in [0.29, 0.717) is 5.82 Å². The van der Waals surface area contributed by atoms with Crippen molar-refractivity contribution in [2.75, 3.05) is 7.11 Å². The minimum atomic E-state index is -0.703. The van der Waals surface area contributed by atoms with E-state index in [1.807, 2.05) is 20.8 Å². The summed E-state index contributed by atoms with van der Waals surface area (Å²) in [6.07, 6.45) is 1.64. The van der Waals surface area contributed by atoms with Crippen molar-refractivity contribution < 1.29 is 14.3 Å². The first-order chi connectivity index (χ1) is 8.99. The number of H-pyrrole nitrogens is 1.